The maximum absolute atomic E-state index is 12.4. The van der Waals surface area contributed by atoms with Crippen molar-refractivity contribution in [2.45, 2.75) is 12.2 Å². The first kappa shape index (κ1) is 14.6. The molecule has 2 heterocycles. The molecule has 2 N–H and O–H groups in total. The SMILES string of the molecule is CN(C)c1ccc(NC(=O)[C@@H]2[C@H](C(=O)O)[C@H]3C=C[C@H]2O3)cc1. The van der Waals surface area contributed by atoms with Crippen LogP contribution in [0.3, 0.4) is 0 Å². The lowest BCUT2D eigenvalue weighted by Gasteiger charge is -2.21. The average Bonchev–Trinajstić information content (AvgIpc) is 3.08. The zero-order chi connectivity index (χ0) is 15.9. The first-order valence-electron chi connectivity index (χ1n) is 7.12. The molecule has 6 nitrogen and oxygen atoms in total. The van der Waals surface area contributed by atoms with Crippen LogP contribution in [0.15, 0.2) is 36.4 Å². The van der Waals surface area contributed by atoms with Crippen LogP contribution >= 0.6 is 0 Å². The Morgan fingerprint density at radius 2 is 1.68 bits per heavy atom. The van der Waals surface area contributed by atoms with E-state index in [9.17, 15) is 14.7 Å². The fraction of sp³-hybridized carbons (Fsp3) is 0.375. The number of nitrogens with one attached hydrogen (secondary N) is 1. The molecular weight excluding hydrogens is 284 g/mol. The van der Waals surface area contributed by atoms with Crippen molar-refractivity contribution in [1.82, 2.24) is 0 Å². The van der Waals surface area contributed by atoms with Gasteiger partial charge in [-0.3, -0.25) is 9.59 Å². The molecule has 1 saturated heterocycles. The largest absolute Gasteiger partial charge is 0.481 e. The minimum atomic E-state index is -1.00. The van der Waals surface area contributed by atoms with E-state index in [0.29, 0.717) is 5.69 Å². The molecule has 0 spiro atoms. The first-order valence-corrected chi connectivity index (χ1v) is 7.12. The molecule has 1 amide bonds. The summed E-state index contributed by atoms with van der Waals surface area (Å²) in [4.78, 5) is 25.8. The number of benzene rings is 1. The average molecular weight is 302 g/mol. The third-order valence-corrected chi connectivity index (χ3v) is 4.14. The summed E-state index contributed by atoms with van der Waals surface area (Å²) < 4.78 is 5.51. The van der Waals surface area contributed by atoms with Crippen molar-refractivity contribution in [2.24, 2.45) is 11.8 Å². The molecule has 0 radical (unpaired) electrons. The van der Waals surface area contributed by atoms with Gasteiger partial charge < -0.3 is 20.1 Å². The molecule has 1 aromatic rings. The number of carboxylic acid groups (broad SMARTS) is 1. The normalized spacial score (nSPS) is 28.6. The molecule has 2 aliphatic heterocycles. The highest BCUT2D eigenvalue weighted by molar-refractivity contribution is 5.96. The molecule has 2 bridgehead atoms. The zero-order valence-corrected chi connectivity index (χ0v) is 12.4. The number of nitrogens with zero attached hydrogens (tertiary/aromatic N) is 1. The molecule has 3 rings (SSSR count). The van der Waals surface area contributed by atoms with Gasteiger partial charge in [0.05, 0.1) is 18.1 Å². The number of carbonyl (C=O) groups is 2. The van der Waals surface area contributed by atoms with Crippen LogP contribution in [0.25, 0.3) is 0 Å². The number of hydrogen-bond donors (Lipinski definition) is 2. The Kier molecular flexibility index (Phi) is 3.62. The molecule has 22 heavy (non-hydrogen) atoms. The summed E-state index contributed by atoms with van der Waals surface area (Å²) in [6.45, 7) is 0. The van der Waals surface area contributed by atoms with Gasteiger partial charge in [0.25, 0.3) is 0 Å². The second-order valence-electron chi connectivity index (χ2n) is 5.77. The summed E-state index contributed by atoms with van der Waals surface area (Å²) in [5.74, 6) is -2.83. The Morgan fingerprint density at radius 1 is 1.09 bits per heavy atom. The molecule has 1 fully saturated rings. The van der Waals surface area contributed by atoms with Gasteiger partial charge >= 0.3 is 5.97 Å². The fourth-order valence-corrected chi connectivity index (χ4v) is 2.98. The van der Waals surface area contributed by atoms with Crippen LogP contribution in [0.2, 0.25) is 0 Å². The molecule has 1 aromatic carbocycles. The zero-order valence-electron chi connectivity index (χ0n) is 12.4. The summed E-state index contributed by atoms with van der Waals surface area (Å²) in [6.07, 6.45) is 2.53. The van der Waals surface area contributed by atoms with Crippen LogP contribution in [0.4, 0.5) is 11.4 Å². The second-order valence-corrected chi connectivity index (χ2v) is 5.77. The van der Waals surface area contributed by atoms with Crippen molar-refractivity contribution in [3.63, 3.8) is 0 Å². The number of rotatable bonds is 4. The van der Waals surface area contributed by atoms with E-state index in [1.54, 1.807) is 24.3 Å². The Morgan fingerprint density at radius 3 is 2.23 bits per heavy atom. The van der Waals surface area contributed by atoms with Gasteiger partial charge in [0.1, 0.15) is 5.92 Å². The van der Waals surface area contributed by atoms with E-state index < -0.39 is 30.0 Å². The Balaban J connectivity index is 1.74. The standard InChI is InChI=1S/C16H18N2O4/c1-18(2)10-5-3-9(4-6-10)17-15(19)13-11-7-8-12(22-11)14(13)16(20)21/h3-8,11-14H,1-2H3,(H,17,19)(H,20,21)/t11-,12-,13+,14-/m1/s1. The third kappa shape index (κ3) is 2.46. The number of hydrogen-bond acceptors (Lipinski definition) is 4. The van der Waals surface area contributed by atoms with Crippen molar-refractivity contribution < 1.29 is 19.4 Å². The highest BCUT2D eigenvalue weighted by Crippen LogP contribution is 2.39. The van der Waals surface area contributed by atoms with Crippen LogP contribution in [-0.2, 0) is 14.3 Å². The van der Waals surface area contributed by atoms with Gasteiger partial charge in [0, 0.05) is 25.5 Å². The number of carbonyl (C=O) groups excluding carboxylic acids is 1. The van der Waals surface area contributed by atoms with Crippen LogP contribution < -0.4 is 10.2 Å². The van der Waals surface area contributed by atoms with Crippen LogP contribution in [0, 0.1) is 11.8 Å². The van der Waals surface area contributed by atoms with E-state index in [4.69, 9.17) is 4.74 Å². The summed E-state index contributed by atoms with van der Waals surface area (Å²) in [6, 6.07) is 7.38. The maximum Gasteiger partial charge on any atom is 0.310 e. The van der Waals surface area contributed by atoms with Crippen molar-refractivity contribution in [2.75, 3.05) is 24.3 Å². The molecule has 0 unspecified atom stereocenters. The molecule has 0 saturated carbocycles. The van der Waals surface area contributed by atoms with Gasteiger partial charge in [-0.05, 0) is 24.3 Å². The van der Waals surface area contributed by atoms with E-state index in [-0.39, 0.29) is 5.91 Å². The third-order valence-electron chi connectivity index (χ3n) is 4.14. The molecule has 0 aromatic heterocycles. The fourth-order valence-electron chi connectivity index (χ4n) is 2.98. The van der Waals surface area contributed by atoms with Crippen molar-refractivity contribution in [1.29, 1.82) is 0 Å². The Bertz CT molecular complexity index is 624. The number of amides is 1. The van der Waals surface area contributed by atoms with Gasteiger partial charge in [-0.1, -0.05) is 12.2 Å². The highest BCUT2D eigenvalue weighted by atomic mass is 16.5. The Hall–Kier alpha value is -2.34. The molecule has 2 aliphatic rings. The summed E-state index contributed by atoms with van der Waals surface area (Å²) in [5, 5.41) is 12.1. The van der Waals surface area contributed by atoms with Crippen molar-refractivity contribution >= 4 is 23.3 Å². The minimum Gasteiger partial charge on any atom is -0.481 e. The number of fused-ring (bicyclic) bond motifs is 2. The first-order chi connectivity index (χ1) is 10.5. The smallest absolute Gasteiger partial charge is 0.310 e. The Labute approximate surface area is 128 Å². The van der Waals surface area contributed by atoms with Crippen molar-refractivity contribution in [3.8, 4) is 0 Å². The second kappa shape index (κ2) is 5.46. The summed E-state index contributed by atoms with van der Waals surface area (Å²) >= 11 is 0. The van der Waals surface area contributed by atoms with E-state index in [1.165, 1.54) is 0 Å². The lowest BCUT2D eigenvalue weighted by Crippen LogP contribution is -2.39. The number of ether oxygens (including phenoxy) is 1. The van der Waals surface area contributed by atoms with Crippen LogP contribution in [0.5, 0.6) is 0 Å². The predicted octanol–water partition coefficient (Wildman–Crippen LogP) is 1.35. The summed E-state index contributed by atoms with van der Waals surface area (Å²) in [7, 11) is 3.87. The monoisotopic (exact) mass is 302 g/mol. The molecule has 4 atom stereocenters. The summed E-state index contributed by atoms with van der Waals surface area (Å²) in [5.41, 5.74) is 1.67. The quantitative estimate of drug-likeness (QED) is 0.821. The van der Waals surface area contributed by atoms with Gasteiger partial charge in [0.15, 0.2) is 0 Å². The van der Waals surface area contributed by atoms with Gasteiger partial charge in [-0.15, -0.1) is 0 Å². The van der Waals surface area contributed by atoms with E-state index in [0.717, 1.165) is 5.69 Å². The molecule has 0 aliphatic carbocycles. The van der Waals surface area contributed by atoms with E-state index >= 15 is 0 Å². The molecule has 6 heteroatoms. The maximum atomic E-state index is 12.4. The lowest BCUT2D eigenvalue weighted by atomic mass is 9.82. The van der Waals surface area contributed by atoms with E-state index in [1.807, 2.05) is 31.1 Å². The number of carboxylic acids is 1. The number of anilines is 2. The number of aliphatic carboxylic acids is 1. The topological polar surface area (TPSA) is 78.9 Å². The van der Waals surface area contributed by atoms with Crippen LogP contribution in [0.1, 0.15) is 0 Å². The lowest BCUT2D eigenvalue weighted by molar-refractivity contribution is -0.145. The van der Waals surface area contributed by atoms with E-state index in [2.05, 4.69) is 5.32 Å². The van der Waals surface area contributed by atoms with Gasteiger partial charge in [0.2, 0.25) is 5.91 Å². The van der Waals surface area contributed by atoms with Gasteiger partial charge in [-0.25, -0.2) is 0 Å². The highest BCUT2D eigenvalue weighted by Gasteiger charge is 2.53. The predicted molar refractivity (Wildman–Crippen MR) is 81.8 cm³/mol. The minimum absolute atomic E-state index is 0.318. The van der Waals surface area contributed by atoms with Crippen molar-refractivity contribution in [3.05, 3.63) is 36.4 Å². The van der Waals surface area contributed by atoms with Gasteiger partial charge in [-0.2, -0.15) is 0 Å². The molecular formula is C16H18N2O4. The van der Waals surface area contributed by atoms with Crippen LogP contribution in [-0.4, -0.2) is 43.3 Å². The molecule has 116 valence electrons.